The van der Waals surface area contributed by atoms with Crippen molar-refractivity contribution in [3.05, 3.63) is 107 Å². The van der Waals surface area contributed by atoms with Gasteiger partial charge < -0.3 is 9.29 Å². The molecule has 10 nitrogen and oxygen atoms in total. The van der Waals surface area contributed by atoms with E-state index in [0.29, 0.717) is 24.9 Å². The number of rotatable bonds is 11. The van der Waals surface area contributed by atoms with Gasteiger partial charge in [-0.25, -0.2) is 19.1 Å². The average Bonchev–Trinajstić information content (AvgIpc) is 3.40. The van der Waals surface area contributed by atoms with Crippen molar-refractivity contribution in [3.8, 4) is 0 Å². The Labute approximate surface area is 288 Å². The number of benzene rings is 3. The quantitative estimate of drug-likeness (QED) is 0.0509. The van der Waals surface area contributed by atoms with E-state index in [2.05, 4.69) is 48.8 Å². The number of ether oxygens (including phenoxy) is 1. The number of hydrazine groups is 1. The molecule has 0 aromatic heterocycles. The van der Waals surface area contributed by atoms with E-state index >= 15 is 0 Å². The number of nitrogens with one attached hydrogen (secondary N) is 1. The van der Waals surface area contributed by atoms with Crippen LogP contribution in [0.15, 0.2) is 89.5 Å². The summed E-state index contributed by atoms with van der Waals surface area (Å²) in [6.45, 7) is 13.3. The van der Waals surface area contributed by atoms with Gasteiger partial charge in [-0.15, -0.1) is 0 Å². The van der Waals surface area contributed by atoms with Gasteiger partial charge in [0.05, 0.1) is 28.4 Å². The largest absolute Gasteiger partial charge is 0.744 e. The first kappa shape index (κ1) is 35.6. The van der Waals surface area contributed by atoms with Gasteiger partial charge in [0, 0.05) is 48.3 Å². The Hall–Kier alpha value is -4.71. The Morgan fingerprint density at radius 1 is 0.918 bits per heavy atom. The van der Waals surface area contributed by atoms with E-state index in [1.54, 1.807) is 18.2 Å². The van der Waals surface area contributed by atoms with E-state index in [-0.39, 0.29) is 16.2 Å². The molecule has 3 N–H and O–H groups in total. The number of unbranched alkanes of at least 4 members (excludes halogenated alkanes) is 2. The standard InChI is InChI=1S/C38H42N4O6S/c1-37(2)29-12-9-10-13-31(29)41(5)33(37)22-27(25-15-17-26(18-16-25)36(44)48-6)23-34-38(3,4)30-24-28(49(45,46)47)19-20-32(30)42(34)21-11-7-8-14-35(43)40-39/h9-10,12-13,15-20,22-24,39H,5,7-8,11,14,21H2,1-4,6H3,(H-,44,45,46,47)/p+1. The Morgan fingerprint density at radius 2 is 1.59 bits per heavy atom. The average molecular weight is 684 g/mol. The van der Waals surface area contributed by atoms with Gasteiger partial charge in [-0.3, -0.25) is 10.2 Å². The normalized spacial score (nSPS) is 17.2. The van der Waals surface area contributed by atoms with E-state index in [4.69, 9.17) is 10.6 Å². The number of para-hydroxylation sites is 1. The lowest BCUT2D eigenvalue weighted by molar-refractivity contribution is -0.438. The molecule has 3 aromatic carbocycles. The van der Waals surface area contributed by atoms with E-state index in [0.717, 1.165) is 57.9 Å². The number of hydrogen-bond donors (Lipinski definition) is 2. The smallest absolute Gasteiger partial charge is 0.337 e. The second-order valence-corrected chi connectivity index (χ2v) is 14.8. The molecule has 1 amide bonds. The third kappa shape index (κ3) is 6.92. The first-order valence-corrected chi connectivity index (χ1v) is 17.6. The number of carbonyl (C=O) groups is 2. The molecule has 0 aliphatic carbocycles. The number of nitrogens with two attached hydrogens (primary N) is 1. The van der Waals surface area contributed by atoms with Gasteiger partial charge in [0.15, 0.2) is 11.4 Å². The summed E-state index contributed by atoms with van der Waals surface area (Å²) in [5, 5.41) is 0. The molecule has 11 heteroatoms. The summed E-state index contributed by atoms with van der Waals surface area (Å²) in [6.07, 6.45) is 6.69. The van der Waals surface area contributed by atoms with Crippen LogP contribution in [-0.2, 0) is 30.5 Å². The van der Waals surface area contributed by atoms with E-state index in [1.807, 2.05) is 48.8 Å². The van der Waals surface area contributed by atoms with Crippen LogP contribution in [0, 0.1) is 0 Å². The Balaban J connectivity index is 1.69. The monoisotopic (exact) mass is 683 g/mol. The highest BCUT2D eigenvalue weighted by Gasteiger charge is 2.47. The topological polar surface area (TPSA) is 145 Å². The van der Waals surface area contributed by atoms with Crippen molar-refractivity contribution in [1.29, 1.82) is 0 Å². The molecule has 0 fully saturated rings. The Kier molecular flexibility index (Phi) is 9.92. The maximum absolute atomic E-state index is 12.3. The first-order chi connectivity index (χ1) is 23.1. The number of hydrogen-bond acceptors (Lipinski definition) is 7. The van der Waals surface area contributed by atoms with Crippen LogP contribution < -0.4 is 11.3 Å². The van der Waals surface area contributed by atoms with Crippen LogP contribution >= 0.6 is 0 Å². The predicted octanol–water partition coefficient (Wildman–Crippen LogP) is 5.61. The fourth-order valence-electron chi connectivity index (χ4n) is 6.84. The third-order valence-corrected chi connectivity index (χ3v) is 10.5. The van der Waals surface area contributed by atoms with E-state index in [1.165, 1.54) is 19.2 Å². The van der Waals surface area contributed by atoms with Crippen LogP contribution in [0.25, 0.3) is 5.57 Å². The van der Waals surface area contributed by atoms with Crippen molar-refractivity contribution in [1.82, 2.24) is 5.43 Å². The van der Waals surface area contributed by atoms with Gasteiger partial charge in [0.25, 0.3) is 0 Å². The summed E-state index contributed by atoms with van der Waals surface area (Å²) in [7, 11) is -3.34. The number of fused-ring (bicyclic) bond motifs is 2. The van der Waals surface area contributed by atoms with Gasteiger partial charge in [0.2, 0.25) is 17.3 Å². The number of nitrogens with zero attached hydrogens (tertiary/aromatic N) is 2. The molecule has 0 spiro atoms. The maximum Gasteiger partial charge on any atom is 0.337 e. The lowest BCUT2D eigenvalue weighted by Crippen LogP contribution is -2.29. The molecule has 49 heavy (non-hydrogen) atoms. The maximum atomic E-state index is 12.3. The van der Waals surface area contributed by atoms with Gasteiger partial charge in [-0.1, -0.05) is 30.3 Å². The lowest BCUT2D eigenvalue weighted by Gasteiger charge is -2.18. The molecule has 0 atom stereocenters. The van der Waals surface area contributed by atoms with Crippen LogP contribution in [0.1, 0.15) is 80.4 Å². The zero-order chi connectivity index (χ0) is 35.7. The molecule has 0 saturated carbocycles. The summed E-state index contributed by atoms with van der Waals surface area (Å²) in [5.74, 6) is 4.59. The first-order valence-electron chi connectivity index (χ1n) is 16.2. The number of carbonyl (C=O) groups excluding carboxylic acids is 2. The molecule has 3 aromatic rings. The Morgan fingerprint density at radius 3 is 2.22 bits per heavy atom. The second kappa shape index (κ2) is 13.7. The van der Waals surface area contributed by atoms with Crippen LogP contribution in [0.4, 0.5) is 11.4 Å². The van der Waals surface area contributed by atoms with Crippen molar-refractivity contribution in [3.63, 3.8) is 0 Å². The SMILES string of the molecule is C=[N+]1C(=CC(=CC2=[N+](CCCCCC(=O)NN)c3ccc(S(=O)(=O)[O-])cc3C2(C)C)c2ccc(C(=O)OC)cc2)C(C)(C)c2ccccc21. The molecule has 0 bridgehead atoms. The fourth-order valence-corrected chi connectivity index (χ4v) is 7.33. The highest BCUT2D eigenvalue weighted by Crippen LogP contribution is 2.47. The summed E-state index contributed by atoms with van der Waals surface area (Å²) in [5.41, 5.74) is 8.74. The van der Waals surface area contributed by atoms with E-state index < -0.39 is 21.5 Å². The van der Waals surface area contributed by atoms with Crippen molar-refractivity contribution in [2.24, 2.45) is 5.84 Å². The minimum atomic E-state index is -4.69. The minimum absolute atomic E-state index is 0.221. The zero-order valence-corrected chi connectivity index (χ0v) is 29.4. The summed E-state index contributed by atoms with van der Waals surface area (Å²) in [4.78, 5) is 23.7. The zero-order valence-electron chi connectivity index (χ0n) is 28.6. The van der Waals surface area contributed by atoms with Crippen LogP contribution in [0.2, 0.25) is 0 Å². The molecule has 2 aliphatic rings. The van der Waals surface area contributed by atoms with Crippen LogP contribution in [-0.4, -0.2) is 60.1 Å². The van der Waals surface area contributed by atoms with Gasteiger partial charge in [0.1, 0.15) is 23.4 Å². The highest BCUT2D eigenvalue weighted by atomic mass is 32.2. The van der Waals surface area contributed by atoms with Gasteiger partial charge >= 0.3 is 5.97 Å². The van der Waals surface area contributed by atoms with Crippen LogP contribution in [0.3, 0.4) is 0 Å². The number of esters is 1. The predicted molar refractivity (Wildman–Crippen MR) is 188 cm³/mol. The molecule has 0 radical (unpaired) electrons. The Bertz CT molecular complexity index is 2040. The molecule has 2 aliphatic heterocycles. The summed E-state index contributed by atoms with van der Waals surface area (Å²) < 4.78 is 45.3. The number of methoxy groups -OCH3 is 1. The minimum Gasteiger partial charge on any atom is -0.744 e. The molecule has 0 unspecified atom stereocenters. The molecule has 256 valence electrons. The lowest BCUT2D eigenvalue weighted by atomic mass is 9.79. The summed E-state index contributed by atoms with van der Waals surface area (Å²) in [6, 6.07) is 19.9. The van der Waals surface area contributed by atoms with Crippen molar-refractivity contribution in [2.75, 3.05) is 13.7 Å². The van der Waals surface area contributed by atoms with Crippen molar-refractivity contribution < 1.29 is 36.4 Å². The van der Waals surface area contributed by atoms with Gasteiger partial charge in [-0.2, -0.15) is 9.15 Å². The molecular formula is C38H43N4O6S+. The second-order valence-electron chi connectivity index (χ2n) is 13.4. The molecule has 0 saturated heterocycles. The number of allylic oxidation sites excluding steroid dienone is 4. The van der Waals surface area contributed by atoms with Crippen molar-refractivity contribution in [2.45, 2.75) is 69.1 Å². The van der Waals surface area contributed by atoms with E-state index in [9.17, 15) is 22.6 Å². The summed E-state index contributed by atoms with van der Waals surface area (Å²) >= 11 is 0. The molecule has 2 heterocycles. The fraction of sp³-hybridized carbons (Fsp3) is 0.316. The van der Waals surface area contributed by atoms with Gasteiger partial charge in [-0.05, 0) is 75.9 Å². The third-order valence-electron chi connectivity index (χ3n) is 9.62. The molecular weight excluding hydrogens is 641 g/mol. The van der Waals surface area contributed by atoms with Crippen LogP contribution in [0.5, 0.6) is 0 Å². The molecule has 5 rings (SSSR count). The number of amides is 1. The van der Waals surface area contributed by atoms with Crippen molar-refractivity contribution >= 4 is 51.4 Å². The highest BCUT2D eigenvalue weighted by molar-refractivity contribution is 7.85.